The molecule has 3 aromatic rings. The summed E-state index contributed by atoms with van der Waals surface area (Å²) in [6, 6.07) is 10.7. The number of aryl methyl sites for hydroxylation is 1. The first-order valence-corrected chi connectivity index (χ1v) is 9.88. The minimum absolute atomic E-state index is 0.126. The van der Waals surface area contributed by atoms with E-state index in [0.717, 1.165) is 18.0 Å². The summed E-state index contributed by atoms with van der Waals surface area (Å²) in [5.74, 6) is 1.53. The maximum Gasteiger partial charge on any atom is 0.161 e. The number of methoxy groups -OCH3 is 2. The Balaban J connectivity index is 1.61. The van der Waals surface area contributed by atoms with Crippen LogP contribution in [0.25, 0.3) is 5.00 Å². The van der Waals surface area contributed by atoms with E-state index in [1.165, 1.54) is 41.1 Å². The summed E-state index contributed by atoms with van der Waals surface area (Å²) >= 11 is 1.97. The van der Waals surface area contributed by atoms with Gasteiger partial charge >= 0.3 is 0 Å². The highest BCUT2D eigenvalue weighted by Gasteiger charge is 2.29. The predicted molar refractivity (Wildman–Crippen MR) is 104 cm³/mol. The lowest BCUT2D eigenvalue weighted by atomic mass is 10.0. The number of fused-ring (bicyclic) bond motifs is 5. The quantitative estimate of drug-likeness (QED) is 0.753. The second-order valence-electron chi connectivity index (χ2n) is 6.87. The van der Waals surface area contributed by atoms with E-state index >= 15 is 0 Å². The van der Waals surface area contributed by atoms with Crippen LogP contribution in [0.3, 0.4) is 0 Å². The molecule has 0 spiro atoms. The summed E-state index contributed by atoms with van der Waals surface area (Å²) in [5, 5.41) is 5.18. The van der Waals surface area contributed by atoms with Crippen LogP contribution in [-0.4, -0.2) is 18.8 Å². The third-order valence-electron chi connectivity index (χ3n) is 5.53. The summed E-state index contributed by atoms with van der Waals surface area (Å²) in [4.78, 5) is 1.58. The predicted octanol–water partition coefficient (Wildman–Crippen LogP) is 4.24. The molecule has 4 nitrogen and oxygen atoms in total. The Labute approximate surface area is 157 Å². The Hall–Kier alpha value is -2.24. The first-order valence-electron chi connectivity index (χ1n) is 9.06. The zero-order chi connectivity index (χ0) is 17.7. The third kappa shape index (κ3) is 2.31. The lowest BCUT2D eigenvalue weighted by Crippen LogP contribution is -2.21. The fraction of sp³-hybridized carbons (Fsp3) is 0.333. The Kier molecular flexibility index (Phi) is 3.80. The van der Waals surface area contributed by atoms with Gasteiger partial charge in [-0.2, -0.15) is 0 Å². The first kappa shape index (κ1) is 16.0. The van der Waals surface area contributed by atoms with Crippen LogP contribution in [0.2, 0.25) is 0 Å². The summed E-state index contributed by atoms with van der Waals surface area (Å²) in [5.41, 5.74) is 5.54. The molecular formula is C21H22N2O2S. The molecule has 0 amide bonds. The number of ether oxygens (including phenoxy) is 2. The molecule has 0 saturated carbocycles. The average molecular weight is 366 g/mol. The van der Waals surface area contributed by atoms with Crippen molar-refractivity contribution in [1.82, 2.24) is 9.88 Å². The largest absolute Gasteiger partial charge is 0.493 e. The Morgan fingerprint density at radius 3 is 2.81 bits per heavy atom. The van der Waals surface area contributed by atoms with E-state index in [-0.39, 0.29) is 6.04 Å². The van der Waals surface area contributed by atoms with Gasteiger partial charge in [-0.1, -0.05) is 6.07 Å². The number of nitrogens with one attached hydrogen (secondary N) is 1. The van der Waals surface area contributed by atoms with Crippen molar-refractivity contribution in [3.8, 4) is 16.5 Å². The van der Waals surface area contributed by atoms with Crippen LogP contribution in [0.5, 0.6) is 11.5 Å². The van der Waals surface area contributed by atoms with Crippen LogP contribution >= 0.6 is 11.3 Å². The second kappa shape index (κ2) is 6.18. The normalized spacial score (nSPS) is 18.0. The molecule has 26 heavy (non-hydrogen) atoms. The Morgan fingerprint density at radius 2 is 1.96 bits per heavy atom. The minimum atomic E-state index is 0.126. The van der Waals surface area contributed by atoms with Gasteiger partial charge in [0.15, 0.2) is 11.5 Å². The lowest BCUT2D eigenvalue weighted by molar-refractivity contribution is 0.354. The molecule has 1 atom stereocenters. The lowest BCUT2D eigenvalue weighted by Gasteiger charge is -2.19. The van der Waals surface area contributed by atoms with E-state index < -0.39 is 0 Å². The van der Waals surface area contributed by atoms with E-state index in [1.807, 2.05) is 17.4 Å². The van der Waals surface area contributed by atoms with Crippen molar-refractivity contribution >= 4 is 11.3 Å². The van der Waals surface area contributed by atoms with Gasteiger partial charge in [-0.25, -0.2) is 0 Å². The molecule has 134 valence electrons. The van der Waals surface area contributed by atoms with Gasteiger partial charge in [0.1, 0.15) is 5.00 Å². The van der Waals surface area contributed by atoms with E-state index in [2.05, 4.69) is 40.3 Å². The number of nitrogens with zero attached hydrogens (tertiary/aromatic N) is 1. The maximum atomic E-state index is 5.52. The van der Waals surface area contributed by atoms with Crippen LogP contribution in [-0.2, 0) is 19.4 Å². The first-order chi connectivity index (χ1) is 12.8. The summed E-state index contributed by atoms with van der Waals surface area (Å²) in [6.45, 7) is 0.905. The van der Waals surface area contributed by atoms with E-state index in [1.54, 1.807) is 24.7 Å². The van der Waals surface area contributed by atoms with Crippen LogP contribution in [0, 0.1) is 0 Å². The van der Waals surface area contributed by atoms with Crippen LogP contribution in [0.4, 0.5) is 0 Å². The van der Waals surface area contributed by atoms with Crippen molar-refractivity contribution in [2.75, 3.05) is 14.2 Å². The van der Waals surface area contributed by atoms with E-state index in [9.17, 15) is 0 Å². The number of benzene rings is 1. The zero-order valence-corrected chi connectivity index (χ0v) is 15.9. The van der Waals surface area contributed by atoms with E-state index in [0.29, 0.717) is 0 Å². The van der Waals surface area contributed by atoms with Crippen molar-refractivity contribution < 1.29 is 9.47 Å². The monoisotopic (exact) mass is 366 g/mol. The molecule has 1 aliphatic heterocycles. The molecule has 2 aromatic heterocycles. The van der Waals surface area contributed by atoms with Crippen LogP contribution in [0.1, 0.15) is 39.7 Å². The summed E-state index contributed by atoms with van der Waals surface area (Å²) in [7, 11) is 3.36. The molecule has 0 bridgehead atoms. The standard InChI is InChI=1S/C21H22N2O2S/c1-24-17-9-8-13(11-18(17)25-2)20-16-6-4-10-23(16)21-15(12-22-20)14-5-3-7-19(14)26-21/h4,6,8-11,20,22H,3,5,7,12H2,1-2H3. The van der Waals surface area contributed by atoms with Gasteiger partial charge in [-0.3, -0.25) is 0 Å². The highest BCUT2D eigenvalue weighted by Crippen LogP contribution is 2.42. The third-order valence-corrected chi connectivity index (χ3v) is 6.86. The van der Waals surface area contributed by atoms with Crippen LogP contribution < -0.4 is 14.8 Å². The Bertz CT molecular complexity index is 973. The molecule has 0 fully saturated rings. The molecule has 0 saturated heterocycles. The highest BCUT2D eigenvalue weighted by atomic mass is 32.1. The molecular weight excluding hydrogens is 344 g/mol. The fourth-order valence-electron chi connectivity index (χ4n) is 4.28. The number of thiophene rings is 1. The van der Waals surface area contributed by atoms with Gasteiger partial charge in [-0.05, 0) is 54.7 Å². The fourth-order valence-corrected chi connectivity index (χ4v) is 5.69. The summed E-state index contributed by atoms with van der Waals surface area (Å²) in [6.07, 6.45) is 5.95. The van der Waals surface area contributed by atoms with Crippen molar-refractivity contribution in [1.29, 1.82) is 0 Å². The van der Waals surface area contributed by atoms with Gasteiger partial charge in [0.25, 0.3) is 0 Å². The average Bonchev–Trinajstić information content (AvgIpc) is 3.36. The van der Waals surface area contributed by atoms with E-state index in [4.69, 9.17) is 9.47 Å². The molecule has 5 heteroatoms. The SMILES string of the molecule is COc1ccc(C2NCc3c(sc4c3CCC4)-n3cccc32)cc1OC. The van der Waals surface area contributed by atoms with Crippen molar-refractivity contribution in [2.24, 2.45) is 0 Å². The molecule has 0 radical (unpaired) electrons. The zero-order valence-electron chi connectivity index (χ0n) is 15.0. The smallest absolute Gasteiger partial charge is 0.161 e. The molecule has 2 aliphatic rings. The van der Waals surface area contributed by atoms with Crippen LogP contribution in [0.15, 0.2) is 36.5 Å². The minimum Gasteiger partial charge on any atom is -0.493 e. The molecule has 1 aliphatic carbocycles. The molecule has 3 heterocycles. The van der Waals surface area contributed by atoms with Gasteiger partial charge < -0.3 is 19.4 Å². The van der Waals surface area contributed by atoms with Crippen molar-refractivity contribution in [2.45, 2.75) is 31.8 Å². The number of hydrogen-bond acceptors (Lipinski definition) is 4. The van der Waals surface area contributed by atoms with Gasteiger partial charge in [-0.15, -0.1) is 11.3 Å². The van der Waals surface area contributed by atoms with Crippen molar-refractivity contribution in [3.05, 3.63) is 63.8 Å². The van der Waals surface area contributed by atoms with Gasteiger partial charge in [0, 0.05) is 28.9 Å². The number of hydrogen-bond donors (Lipinski definition) is 1. The van der Waals surface area contributed by atoms with Gasteiger partial charge in [0.05, 0.1) is 20.3 Å². The second-order valence-corrected chi connectivity index (χ2v) is 7.96. The Morgan fingerprint density at radius 1 is 1.08 bits per heavy atom. The highest BCUT2D eigenvalue weighted by molar-refractivity contribution is 7.15. The molecule has 1 aromatic carbocycles. The summed E-state index contributed by atoms with van der Waals surface area (Å²) < 4.78 is 13.3. The molecule has 1 unspecified atom stereocenters. The maximum absolute atomic E-state index is 5.52. The topological polar surface area (TPSA) is 35.4 Å². The van der Waals surface area contributed by atoms with Gasteiger partial charge in [0.2, 0.25) is 0 Å². The number of aromatic nitrogens is 1. The molecule has 5 rings (SSSR count). The molecule has 1 N–H and O–H groups in total. The van der Waals surface area contributed by atoms with Crippen molar-refractivity contribution in [3.63, 3.8) is 0 Å². The number of rotatable bonds is 3.